The van der Waals surface area contributed by atoms with Crippen LogP contribution in [-0.4, -0.2) is 25.5 Å². The van der Waals surface area contributed by atoms with Gasteiger partial charge < -0.3 is 5.32 Å². The van der Waals surface area contributed by atoms with E-state index in [2.05, 4.69) is 15.5 Å². The average Bonchev–Trinajstić information content (AvgIpc) is 2.98. The third-order valence-corrected chi connectivity index (χ3v) is 3.60. The number of carbonyl (C=O) groups excluding carboxylic acids is 1. The maximum Gasteiger partial charge on any atom is 0.435 e. The zero-order valence-electron chi connectivity index (χ0n) is 12.5. The molecular formula is C13H15ClF3N5O. The summed E-state index contributed by atoms with van der Waals surface area (Å²) in [6.45, 7) is 1.77. The van der Waals surface area contributed by atoms with E-state index in [1.165, 1.54) is 22.5 Å². The maximum atomic E-state index is 12.6. The lowest BCUT2D eigenvalue weighted by atomic mass is 10.3. The number of hydrogen-bond acceptors (Lipinski definition) is 3. The summed E-state index contributed by atoms with van der Waals surface area (Å²) in [6, 6.07) is 0.952. The topological polar surface area (TPSA) is 64.7 Å². The first-order chi connectivity index (χ1) is 10.7. The molecule has 0 fully saturated rings. The van der Waals surface area contributed by atoms with E-state index in [-0.39, 0.29) is 25.4 Å². The van der Waals surface area contributed by atoms with E-state index < -0.39 is 11.9 Å². The predicted octanol–water partition coefficient (Wildman–Crippen LogP) is 2.30. The Hall–Kier alpha value is -2.03. The molecule has 1 amide bonds. The first kappa shape index (κ1) is 17.3. The van der Waals surface area contributed by atoms with Crippen molar-refractivity contribution in [2.24, 2.45) is 7.05 Å². The molecule has 0 aliphatic carbocycles. The van der Waals surface area contributed by atoms with Crippen LogP contribution in [0.25, 0.3) is 0 Å². The van der Waals surface area contributed by atoms with Crippen molar-refractivity contribution in [1.29, 1.82) is 0 Å². The number of nitrogens with zero attached hydrogens (tertiary/aromatic N) is 4. The van der Waals surface area contributed by atoms with Gasteiger partial charge in [-0.2, -0.15) is 23.4 Å². The van der Waals surface area contributed by atoms with Crippen LogP contribution in [0.2, 0.25) is 5.02 Å². The summed E-state index contributed by atoms with van der Waals surface area (Å²) in [7, 11) is 1.69. The normalized spacial score (nSPS) is 11.7. The number of halogens is 4. The molecule has 2 aromatic heterocycles. The summed E-state index contributed by atoms with van der Waals surface area (Å²) in [5.74, 6) is -0.314. The van der Waals surface area contributed by atoms with Gasteiger partial charge in [0.2, 0.25) is 5.91 Å². The molecule has 0 aliphatic rings. The van der Waals surface area contributed by atoms with Crippen molar-refractivity contribution in [1.82, 2.24) is 24.9 Å². The highest BCUT2D eigenvalue weighted by atomic mass is 35.5. The third kappa shape index (κ3) is 4.25. The van der Waals surface area contributed by atoms with E-state index in [0.29, 0.717) is 16.4 Å². The molecule has 2 rings (SSSR count). The highest BCUT2D eigenvalue weighted by Crippen LogP contribution is 2.28. The molecule has 1 N–H and O–H groups in total. The highest BCUT2D eigenvalue weighted by Gasteiger charge is 2.34. The molecule has 0 spiro atoms. The van der Waals surface area contributed by atoms with E-state index in [1.807, 2.05) is 0 Å². The van der Waals surface area contributed by atoms with Gasteiger partial charge in [-0.3, -0.25) is 14.2 Å². The monoisotopic (exact) mass is 349 g/mol. The van der Waals surface area contributed by atoms with Gasteiger partial charge in [-0.25, -0.2) is 0 Å². The minimum atomic E-state index is -4.49. The number of carbonyl (C=O) groups is 1. The molecule has 2 heterocycles. The van der Waals surface area contributed by atoms with E-state index in [4.69, 9.17) is 11.6 Å². The van der Waals surface area contributed by atoms with Gasteiger partial charge >= 0.3 is 6.18 Å². The number of nitrogens with one attached hydrogen (secondary N) is 1. The molecule has 10 heteroatoms. The quantitative estimate of drug-likeness (QED) is 0.901. The Morgan fingerprint density at radius 2 is 2.13 bits per heavy atom. The number of amides is 1. The fourth-order valence-electron chi connectivity index (χ4n) is 1.99. The lowest BCUT2D eigenvalue weighted by Gasteiger charge is -2.07. The van der Waals surface area contributed by atoms with Gasteiger partial charge in [-0.15, -0.1) is 0 Å². The molecule has 2 aromatic rings. The van der Waals surface area contributed by atoms with Gasteiger partial charge in [-0.1, -0.05) is 11.6 Å². The summed E-state index contributed by atoms with van der Waals surface area (Å²) >= 11 is 5.91. The molecule has 0 aliphatic heterocycles. The van der Waals surface area contributed by atoms with Crippen molar-refractivity contribution < 1.29 is 18.0 Å². The number of aryl methyl sites for hydroxylation is 3. The summed E-state index contributed by atoms with van der Waals surface area (Å²) in [5, 5.41) is 10.5. The largest absolute Gasteiger partial charge is 0.435 e. The van der Waals surface area contributed by atoms with Crippen molar-refractivity contribution in [2.45, 2.75) is 32.6 Å². The lowest BCUT2D eigenvalue weighted by Crippen LogP contribution is -2.25. The minimum absolute atomic E-state index is 0.00921. The zero-order valence-corrected chi connectivity index (χ0v) is 13.2. The standard InChI is InChI=1S/C13H15ClF3N5O/c1-8-5-11(13(15,16)17)20-22(8)4-3-12(23)18-7-10-9(14)6-19-21(10)2/h5-6H,3-4,7H2,1-2H3,(H,18,23). The van der Waals surface area contributed by atoms with Crippen LogP contribution in [-0.2, 0) is 31.1 Å². The smallest absolute Gasteiger partial charge is 0.350 e. The number of rotatable bonds is 5. The Labute approximate surface area is 135 Å². The minimum Gasteiger partial charge on any atom is -0.350 e. The molecule has 23 heavy (non-hydrogen) atoms. The molecule has 0 saturated carbocycles. The summed E-state index contributed by atoms with van der Waals surface area (Å²) in [5.41, 5.74) is 0.0338. The SMILES string of the molecule is Cc1cc(C(F)(F)F)nn1CCC(=O)NCc1c(Cl)cnn1C. The van der Waals surface area contributed by atoms with E-state index in [9.17, 15) is 18.0 Å². The maximum absolute atomic E-state index is 12.6. The molecule has 0 unspecified atom stereocenters. The number of hydrogen-bond donors (Lipinski definition) is 1. The molecular weight excluding hydrogens is 335 g/mol. The first-order valence-corrected chi connectivity index (χ1v) is 7.11. The average molecular weight is 350 g/mol. The van der Waals surface area contributed by atoms with Crippen LogP contribution < -0.4 is 5.32 Å². The van der Waals surface area contributed by atoms with Crippen LogP contribution in [0.15, 0.2) is 12.3 Å². The Morgan fingerprint density at radius 1 is 1.43 bits per heavy atom. The van der Waals surface area contributed by atoms with E-state index >= 15 is 0 Å². The molecule has 0 aromatic carbocycles. The second-order valence-electron chi connectivity index (χ2n) is 4.98. The summed E-state index contributed by atoms with van der Waals surface area (Å²) in [4.78, 5) is 11.8. The lowest BCUT2D eigenvalue weighted by molar-refractivity contribution is -0.141. The van der Waals surface area contributed by atoms with Gasteiger partial charge in [0, 0.05) is 25.7 Å². The number of alkyl halides is 3. The third-order valence-electron chi connectivity index (χ3n) is 3.29. The van der Waals surface area contributed by atoms with Gasteiger partial charge in [0.25, 0.3) is 0 Å². The summed E-state index contributed by atoms with van der Waals surface area (Å²) < 4.78 is 40.4. The van der Waals surface area contributed by atoms with Crippen molar-refractivity contribution >= 4 is 17.5 Å². The second-order valence-corrected chi connectivity index (χ2v) is 5.39. The van der Waals surface area contributed by atoms with Crippen LogP contribution in [0.1, 0.15) is 23.5 Å². The van der Waals surface area contributed by atoms with Gasteiger partial charge in [0.15, 0.2) is 5.69 Å². The first-order valence-electron chi connectivity index (χ1n) is 6.73. The fraction of sp³-hybridized carbons (Fsp3) is 0.462. The van der Waals surface area contributed by atoms with Crippen molar-refractivity contribution in [3.8, 4) is 0 Å². The second kappa shape index (κ2) is 6.61. The summed E-state index contributed by atoms with van der Waals surface area (Å²) in [6.07, 6.45) is -3.02. The van der Waals surface area contributed by atoms with E-state index in [1.54, 1.807) is 7.05 Å². The Kier molecular flexibility index (Phi) is 4.98. The Morgan fingerprint density at radius 3 is 2.65 bits per heavy atom. The van der Waals surface area contributed by atoms with E-state index in [0.717, 1.165) is 6.07 Å². The Balaban J connectivity index is 1.89. The predicted molar refractivity (Wildman–Crippen MR) is 76.6 cm³/mol. The van der Waals surface area contributed by atoms with Crippen LogP contribution in [0.5, 0.6) is 0 Å². The fourth-order valence-corrected chi connectivity index (χ4v) is 2.22. The molecule has 0 radical (unpaired) electrons. The van der Waals surface area contributed by atoms with Crippen LogP contribution in [0.4, 0.5) is 13.2 Å². The molecule has 6 nitrogen and oxygen atoms in total. The van der Waals surface area contributed by atoms with Crippen molar-refractivity contribution in [2.75, 3.05) is 0 Å². The van der Waals surface area contributed by atoms with Crippen LogP contribution in [0, 0.1) is 6.92 Å². The molecule has 0 bridgehead atoms. The molecule has 126 valence electrons. The molecule has 0 saturated heterocycles. The zero-order chi connectivity index (χ0) is 17.2. The van der Waals surface area contributed by atoms with Crippen LogP contribution >= 0.6 is 11.6 Å². The van der Waals surface area contributed by atoms with Crippen molar-refractivity contribution in [3.63, 3.8) is 0 Å². The van der Waals surface area contributed by atoms with Gasteiger partial charge in [-0.05, 0) is 13.0 Å². The Bertz CT molecular complexity index is 688. The van der Waals surface area contributed by atoms with Gasteiger partial charge in [0.05, 0.1) is 23.5 Å². The number of aromatic nitrogens is 4. The highest BCUT2D eigenvalue weighted by molar-refractivity contribution is 6.31. The van der Waals surface area contributed by atoms with Crippen LogP contribution in [0.3, 0.4) is 0 Å². The van der Waals surface area contributed by atoms with Gasteiger partial charge in [0.1, 0.15) is 0 Å². The van der Waals surface area contributed by atoms with Crippen molar-refractivity contribution in [3.05, 3.63) is 34.4 Å². The molecule has 0 atom stereocenters.